The van der Waals surface area contributed by atoms with Gasteiger partial charge >= 0.3 is 0 Å². The molecule has 4 N–H and O–H groups in total. The molecule has 12 heteroatoms. The van der Waals surface area contributed by atoms with Gasteiger partial charge in [0.25, 0.3) is 0 Å². The number of hydrogen-bond donors (Lipinski definition) is 4. The highest BCUT2D eigenvalue weighted by Crippen LogP contribution is 2.29. The molecule has 0 bridgehead atoms. The Morgan fingerprint density at radius 1 is 0.808 bits per heavy atom. The summed E-state index contributed by atoms with van der Waals surface area (Å²) in [5.74, 6) is -8.87. The lowest BCUT2D eigenvalue weighted by Gasteiger charge is -2.29. The third-order valence-corrected chi connectivity index (χ3v) is 8.41. The van der Waals surface area contributed by atoms with Crippen molar-refractivity contribution in [2.24, 2.45) is 11.8 Å². The van der Waals surface area contributed by atoms with E-state index in [4.69, 9.17) is 27.3 Å². The molecule has 5 atom stereocenters. The molecule has 2 aliphatic rings. The van der Waals surface area contributed by atoms with Crippen LogP contribution in [0.5, 0.6) is 0 Å². The SMILES string of the molecule is [2H]C1([2H])COCC([2H])([2H])N1CC(=O)N[C@@H](CCc1ccccc1)C(=O)N[C@@H](CC([2H])(C([2H])([2H])[2H])C([2H])([2H])[2H])C(=O)N[C@@H](Cc1ccccc1)C(=O)N[C@@H](CC(C)C)C(=O)[C@]1(C)OC1([2H])[2H]. The van der Waals surface area contributed by atoms with Crippen LogP contribution in [-0.2, 0) is 46.3 Å². The molecule has 0 unspecified atom stereocenters. The van der Waals surface area contributed by atoms with Crippen LogP contribution in [0.1, 0.15) is 82.7 Å². The molecule has 4 rings (SSSR count). The molecule has 0 aliphatic carbocycles. The molecule has 2 aliphatic heterocycles. The van der Waals surface area contributed by atoms with Crippen molar-refractivity contribution in [3.05, 3.63) is 71.8 Å². The topological polar surface area (TPSA) is 158 Å². The Hall–Kier alpha value is -4.13. The smallest absolute Gasteiger partial charge is 0.243 e. The van der Waals surface area contributed by atoms with Crippen molar-refractivity contribution in [1.29, 1.82) is 0 Å². The molecule has 0 radical (unpaired) electrons. The summed E-state index contributed by atoms with van der Waals surface area (Å²) in [6, 6.07) is 10.1. The van der Waals surface area contributed by atoms with Gasteiger partial charge in [0.05, 0.1) is 35.1 Å². The van der Waals surface area contributed by atoms with Gasteiger partial charge in [-0.15, -0.1) is 0 Å². The maximum absolute atomic E-state index is 14.5. The first-order chi connectivity index (χ1) is 29.8. The first-order valence-electron chi connectivity index (χ1n) is 23.7. The molecular weight excluding hydrogens is 662 g/mol. The van der Waals surface area contributed by atoms with Gasteiger partial charge in [0.1, 0.15) is 23.7 Å². The van der Waals surface area contributed by atoms with Crippen LogP contribution < -0.4 is 21.3 Å². The number of carbonyl (C=O) groups excluding carboxylic acids is 5. The Kier molecular flexibility index (Phi) is 9.73. The number of ether oxygens (including phenoxy) is 2. The van der Waals surface area contributed by atoms with E-state index in [-0.39, 0.29) is 31.6 Å². The van der Waals surface area contributed by atoms with E-state index in [0.29, 0.717) is 16.0 Å². The van der Waals surface area contributed by atoms with Gasteiger partial charge in [-0.3, -0.25) is 28.9 Å². The van der Waals surface area contributed by atoms with Gasteiger partial charge in [-0.1, -0.05) is 88.2 Å². The number of nitrogens with zero attached hydrogens (tertiary/aromatic N) is 1. The monoisotopic (exact) mass is 733 g/mol. The first-order valence-corrected chi connectivity index (χ1v) is 17.2. The molecule has 2 heterocycles. The molecule has 284 valence electrons. The Balaban J connectivity index is 1.72. The number of morpholine rings is 1. The van der Waals surface area contributed by atoms with Crippen LogP contribution in [0.3, 0.4) is 0 Å². The minimum absolute atomic E-state index is 0.0274. The van der Waals surface area contributed by atoms with Gasteiger partial charge in [0.2, 0.25) is 23.6 Å². The molecular formula is C40H57N5O7. The molecule has 52 heavy (non-hydrogen) atoms. The van der Waals surface area contributed by atoms with Crippen molar-refractivity contribution < 1.29 is 51.3 Å². The molecule has 2 aromatic rings. The van der Waals surface area contributed by atoms with E-state index in [1.54, 1.807) is 74.5 Å². The molecule has 2 saturated heterocycles. The minimum Gasteiger partial charge on any atom is -0.379 e. The zero-order valence-corrected chi connectivity index (χ0v) is 29.6. The van der Waals surface area contributed by atoms with Gasteiger partial charge in [0.15, 0.2) is 5.78 Å². The van der Waals surface area contributed by atoms with Crippen molar-refractivity contribution in [2.75, 3.05) is 39.3 Å². The maximum Gasteiger partial charge on any atom is 0.243 e. The number of benzene rings is 2. The number of Topliss-reactive ketones (excluding diaryl/α,β-unsaturated/α-hetero) is 1. The summed E-state index contributed by atoms with van der Waals surface area (Å²) < 4.78 is 116. The van der Waals surface area contributed by atoms with Crippen molar-refractivity contribution in [3.63, 3.8) is 0 Å². The molecule has 4 amide bonds. The van der Waals surface area contributed by atoms with Gasteiger partial charge in [-0.2, -0.15) is 0 Å². The number of epoxide rings is 1. The van der Waals surface area contributed by atoms with E-state index in [9.17, 15) is 24.0 Å². The van der Waals surface area contributed by atoms with Gasteiger partial charge in [-0.05, 0) is 55.5 Å². The van der Waals surface area contributed by atoms with Gasteiger partial charge < -0.3 is 30.7 Å². The Morgan fingerprint density at radius 2 is 1.37 bits per heavy atom. The molecule has 12 nitrogen and oxygen atoms in total. The number of aryl methyl sites for hydroxylation is 1. The number of ketones is 1. The average molecular weight is 733 g/mol. The fourth-order valence-electron chi connectivity index (χ4n) is 5.58. The third-order valence-electron chi connectivity index (χ3n) is 8.41. The third kappa shape index (κ3) is 13.1. The number of nitrogens with one attached hydrogen (secondary N) is 4. The van der Waals surface area contributed by atoms with E-state index in [1.165, 1.54) is 6.92 Å². The van der Waals surface area contributed by atoms with Crippen molar-refractivity contribution >= 4 is 29.4 Å². The standard InChI is InChI=1S/C40H57N5O7/c1-27(2)22-32(36(47)40(5)26-52-40)42-39(50)34(24-30-14-10-7-11-15-30)44-38(49)33(23-28(3)4)43-37(48)31(17-16-29-12-8-6-9-13-29)41-35(46)25-45-18-20-51-21-19-45/h6-15,27-28,31-34H,16-26H2,1-5H3,(H,41,46)(H,42,50)(H,43,48)(H,44,49)/t31-,32-,33-,34-,40+/m0/s1/i3D3,4D3,18D2,19D2,26D2,28D. The second-order valence-corrected chi connectivity index (χ2v) is 13.3. The summed E-state index contributed by atoms with van der Waals surface area (Å²) in [5.41, 5.74) is -0.722. The zero-order valence-electron chi connectivity index (χ0n) is 42.6. The fourth-order valence-corrected chi connectivity index (χ4v) is 5.58. The lowest BCUT2D eigenvalue weighted by molar-refractivity contribution is -0.135. The molecule has 0 aromatic heterocycles. The number of amides is 4. The van der Waals surface area contributed by atoms with E-state index >= 15 is 0 Å². The van der Waals surface area contributed by atoms with E-state index in [2.05, 4.69) is 21.3 Å². The lowest BCUT2D eigenvalue weighted by atomic mass is 9.93. The maximum atomic E-state index is 14.5. The summed E-state index contributed by atoms with van der Waals surface area (Å²) in [6.45, 7) is -11.7. The highest BCUT2D eigenvalue weighted by Gasteiger charge is 2.50. The summed E-state index contributed by atoms with van der Waals surface area (Å²) in [7, 11) is 0. The van der Waals surface area contributed by atoms with Crippen molar-refractivity contribution in [2.45, 2.75) is 96.3 Å². The van der Waals surface area contributed by atoms with Gasteiger partial charge in [0, 0.05) is 34.5 Å². The van der Waals surface area contributed by atoms with Crippen LogP contribution in [0.4, 0.5) is 0 Å². The summed E-state index contributed by atoms with van der Waals surface area (Å²) in [4.78, 5) is 70.9. The number of rotatable bonds is 20. The predicted molar refractivity (Wildman–Crippen MR) is 198 cm³/mol. The second-order valence-electron chi connectivity index (χ2n) is 13.3. The minimum atomic E-state index is -3.59. The normalized spacial score (nSPS) is 26.9. The lowest BCUT2D eigenvalue weighted by Crippen LogP contribution is -2.59. The largest absolute Gasteiger partial charge is 0.379 e. The van der Waals surface area contributed by atoms with Crippen LogP contribution in [0.2, 0.25) is 0 Å². The summed E-state index contributed by atoms with van der Waals surface area (Å²) in [6.07, 6.45) is -1.69. The highest BCUT2D eigenvalue weighted by molar-refractivity contribution is 5.98. The van der Waals surface area contributed by atoms with Crippen molar-refractivity contribution in [1.82, 2.24) is 26.2 Å². The van der Waals surface area contributed by atoms with Crippen LogP contribution >= 0.6 is 0 Å². The Labute approximate surface area is 326 Å². The van der Waals surface area contributed by atoms with Crippen LogP contribution in [0.15, 0.2) is 60.7 Å². The average Bonchev–Trinajstić information content (AvgIpc) is 3.73. The van der Waals surface area contributed by atoms with E-state index in [0.717, 1.165) is 0 Å². The molecule has 2 aromatic carbocycles. The Morgan fingerprint density at radius 3 is 1.96 bits per heavy atom. The van der Waals surface area contributed by atoms with Crippen LogP contribution in [-0.4, -0.2) is 103 Å². The highest BCUT2D eigenvalue weighted by atomic mass is 16.6. The van der Waals surface area contributed by atoms with E-state index < -0.39 is 125 Å². The summed E-state index contributed by atoms with van der Waals surface area (Å²) in [5, 5.41) is 9.79. The Bertz CT molecular complexity index is 1980. The molecule has 0 spiro atoms. The first kappa shape index (κ1) is 25.8. The summed E-state index contributed by atoms with van der Waals surface area (Å²) >= 11 is 0. The predicted octanol–water partition coefficient (Wildman–Crippen LogP) is 2.58. The number of hydrogen-bond acceptors (Lipinski definition) is 8. The molecule has 0 saturated carbocycles. The fraction of sp³-hybridized carbons (Fsp3) is 0.575. The molecule has 2 fully saturated rings. The van der Waals surface area contributed by atoms with E-state index in [1.807, 2.05) is 0 Å². The van der Waals surface area contributed by atoms with Crippen LogP contribution in [0, 0.1) is 11.8 Å². The quantitative estimate of drug-likeness (QED) is 0.151. The van der Waals surface area contributed by atoms with Crippen LogP contribution in [0.25, 0.3) is 0 Å². The second kappa shape index (κ2) is 19.6. The van der Waals surface area contributed by atoms with Crippen molar-refractivity contribution in [3.8, 4) is 0 Å². The van der Waals surface area contributed by atoms with Gasteiger partial charge in [-0.25, -0.2) is 0 Å². The number of carbonyl (C=O) groups is 5. The zero-order chi connectivity index (χ0) is 49.0.